The van der Waals surface area contributed by atoms with Gasteiger partial charge in [-0.15, -0.1) is 0 Å². The highest BCUT2D eigenvalue weighted by atomic mass is 16.5. The average Bonchev–Trinajstić information content (AvgIpc) is 2.21. The van der Waals surface area contributed by atoms with E-state index in [-0.39, 0.29) is 6.61 Å². The topological polar surface area (TPSA) is 87.0 Å². The molecule has 3 N–H and O–H groups in total. The van der Waals surface area contributed by atoms with E-state index in [1.807, 2.05) is 0 Å². The third-order valence-corrected chi connectivity index (χ3v) is 1.83. The van der Waals surface area contributed by atoms with Gasteiger partial charge in [-0.3, -0.25) is 0 Å². The number of carbonyl (C=O) groups is 1. The van der Waals surface area contributed by atoms with Gasteiger partial charge < -0.3 is 20.1 Å². The lowest BCUT2D eigenvalue weighted by atomic mass is 9.93. The first-order valence-electron chi connectivity index (χ1n) is 4.26. The van der Waals surface area contributed by atoms with Crippen molar-refractivity contribution in [1.82, 2.24) is 0 Å². The first-order valence-corrected chi connectivity index (χ1v) is 4.26. The summed E-state index contributed by atoms with van der Waals surface area (Å²) >= 11 is 0. The molecule has 0 spiro atoms. The number of hydrogen-bond donors (Lipinski definition) is 3. The van der Waals surface area contributed by atoms with Crippen molar-refractivity contribution in [2.45, 2.75) is 6.92 Å². The predicted molar refractivity (Wildman–Crippen MR) is 49.5 cm³/mol. The Bertz CT molecular complexity index is 187. The van der Waals surface area contributed by atoms with Gasteiger partial charge in [-0.1, -0.05) is 6.08 Å². The monoisotopic (exact) mass is 204 g/mol. The minimum atomic E-state index is -1.16. The molecule has 0 bridgehead atoms. The number of aliphatic hydroxyl groups is 3. The van der Waals surface area contributed by atoms with E-state index in [0.717, 1.165) is 0 Å². The first kappa shape index (κ1) is 13.1. The molecule has 0 rings (SSSR count). The summed E-state index contributed by atoms with van der Waals surface area (Å²) in [6, 6.07) is 0. The summed E-state index contributed by atoms with van der Waals surface area (Å²) in [6.07, 6.45) is 2.73. The molecule has 5 nitrogen and oxygen atoms in total. The van der Waals surface area contributed by atoms with Gasteiger partial charge in [0, 0.05) is 6.08 Å². The second-order valence-electron chi connectivity index (χ2n) is 3.08. The molecular formula is C9H16O5. The van der Waals surface area contributed by atoms with Crippen LogP contribution in [0.25, 0.3) is 0 Å². The van der Waals surface area contributed by atoms with Crippen molar-refractivity contribution in [2.24, 2.45) is 5.41 Å². The average molecular weight is 204 g/mol. The SMILES string of the molecule is C/C=C/C(=O)OCC(CO)(CO)CO. The Kier molecular flexibility index (Phi) is 6.11. The molecule has 0 aromatic rings. The van der Waals surface area contributed by atoms with Crippen LogP contribution in [0.2, 0.25) is 0 Å². The lowest BCUT2D eigenvalue weighted by molar-refractivity contribution is -0.145. The van der Waals surface area contributed by atoms with Crippen molar-refractivity contribution in [3.8, 4) is 0 Å². The van der Waals surface area contributed by atoms with Crippen molar-refractivity contribution in [1.29, 1.82) is 0 Å². The van der Waals surface area contributed by atoms with Crippen LogP contribution in [0.1, 0.15) is 6.92 Å². The Labute approximate surface area is 82.6 Å². The van der Waals surface area contributed by atoms with Crippen molar-refractivity contribution >= 4 is 5.97 Å². The standard InChI is InChI=1S/C9H16O5/c1-2-3-8(13)14-7-9(4-10,5-11)6-12/h2-3,10-12H,4-7H2,1H3/b3-2+. The van der Waals surface area contributed by atoms with Crippen LogP contribution >= 0.6 is 0 Å². The summed E-state index contributed by atoms with van der Waals surface area (Å²) in [5, 5.41) is 26.7. The van der Waals surface area contributed by atoms with E-state index < -0.39 is 31.2 Å². The van der Waals surface area contributed by atoms with Crippen molar-refractivity contribution in [2.75, 3.05) is 26.4 Å². The van der Waals surface area contributed by atoms with Gasteiger partial charge in [0.05, 0.1) is 25.2 Å². The second kappa shape index (κ2) is 6.53. The lowest BCUT2D eigenvalue weighted by Gasteiger charge is -2.26. The molecule has 0 heterocycles. The Balaban J connectivity index is 4.12. The van der Waals surface area contributed by atoms with Crippen LogP contribution in [0.4, 0.5) is 0 Å². The number of carbonyl (C=O) groups excluding carboxylic acids is 1. The van der Waals surface area contributed by atoms with Crippen LogP contribution in [0, 0.1) is 5.41 Å². The van der Waals surface area contributed by atoms with Gasteiger partial charge in [0.15, 0.2) is 0 Å². The first-order chi connectivity index (χ1) is 6.64. The molecule has 0 fully saturated rings. The molecule has 0 aromatic heterocycles. The molecule has 0 aromatic carbocycles. The third kappa shape index (κ3) is 3.87. The number of allylic oxidation sites excluding steroid dienone is 1. The van der Waals surface area contributed by atoms with Crippen LogP contribution in [0.3, 0.4) is 0 Å². The van der Waals surface area contributed by atoms with Gasteiger partial charge in [-0.05, 0) is 6.92 Å². The zero-order valence-corrected chi connectivity index (χ0v) is 8.14. The van der Waals surface area contributed by atoms with Crippen LogP contribution in [-0.4, -0.2) is 47.7 Å². The Morgan fingerprint density at radius 1 is 1.29 bits per heavy atom. The van der Waals surface area contributed by atoms with Gasteiger partial charge in [-0.25, -0.2) is 4.79 Å². The van der Waals surface area contributed by atoms with Gasteiger partial charge in [0.1, 0.15) is 6.61 Å². The molecule has 14 heavy (non-hydrogen) atoms. The number of esters is 1. The van der Waals surface area contributed by atoms with E-state index >= 15 is 0 Å². The molecule has 0 amide bonds. The van der Waals surface area contributed by atoms with E-state index in [1.54, 1.807) is 6.92 Å². The molecular weight excluding hydrogens is 188 g/mol. The maximum absolute atomic E-state index is 10.9. The van der Waals surface area contributed by atoms with Gasteiger partial charge in [-0.2, -0.15) is 0 Å². The summed E-state index contributed by atoms with van der Waals surface area (Å²) in [5.41, 5.74) is -1.16. The molecule has 0 saturated heterocycles. The van der Waals surface area contributed by atoms with Gasteiger partial charge >= 0.3 is 5.97 Å². The summed E-state index contributed by atoms with van der Waals surface area (Å²) < 4.78 is 4.71. The number of rotatable bonds is 6. The van der Waals surface area contributed by atoms with E-state index in [0.29, 0.717) is 0 Å². The Morgan fingerprint density at radius 3 is 2.14 bits per heavy atom. The Morgan fingerprint density at radius 2 is 1.79 bits per heavy atom. The molecule has 0 atom stereocenters. The quantitative estimate of drug-likeness (QED) is 0.384. The summed E-state index contributed by atoms with van der Waals surface area (Å²) in [4.78, 5) is 10.9. The lowest BCUT2D eigenvalue weighted by Crippen LogP contribution is -2.39. The van der Waals surface area contributed by atoms with Crippen LogP contribution < -0.4 is 0 Å². The smallest absolute Gasteiger partial charge is 0.330 e. The molecule has 0 saturated carbocycles. The Hall–Kier alpha value is -0.910. The fraction of sp³-hybridized carbons (Fsp3) is 0.667. The molecule has 5 heteroatoms. The molecule has 0 radical (unpaired) electrons. The zero-order valence-electron chi connectivity index (χ0n) is 8.14. The summed E-state index contributed by atoms with van der Waals surface area (Å²) in [7, 11) is 0. The summed E-state index contributed by atoms with van der Waals surface area (Å²) in [5.74, 6) is -0.563. The number of hydrogen-bond acceptors (Lipinski definition) is 5. The highest BCUT2D eigenvalue weighted by molar-refractivity contribution is 5.81. The highest BCUT2D eigenvalue weighted by Crippen LogP contribution is 2.14. The van der Waals surface area contributed by atoms with Crippen LogP contribution in [-0.2, 0) is 9.53 Å². The van der Waals surface area contributed by atoms with E-state index in [4.69, 9.17) is 20.1 Å². The molecule has 82 valence electrons. The largest absolute Gasteiger partial charge is 0.462 e. The predicted octanol–water partition coefficient (Wildman–Crippen LogP) is -0.931. The molecule has 0 aliphatic rings. The maximum Gasteiger partial charge on any atom is 0.330 e. The minimum Gasteiger partial charge on any atom is -0.462 e. The van der Waals surface area contributed by atoms with Crippen LogP contribution in [0.5, 0.6) is 0 Å². The fourth-order valence-electron chi connectivity index (χ4n) is 0.695. The highest BCUT2D eigenvalue weighted by Gasteiger charge is 2.29. The normalized spacial score (nSPS) is 12.0. The summed E-state index contributed by atoms with van der Waals surface area (Å²) in [6.45, 7) is 0.133. The van der Waals surface area contributed by atoms with Crippen molar-refractivity contribution < 1.29 is 24.9 Å². The molecule has 0 aliphatic carbocycles. The fourth-order valence-corrected chi connectivity index (χ4v) is 0.695. The zero-order chi connectivity index (χ0) is 11.0. The van der Waals surface area contributed by atoms with Crippen LogP contribution in [0.15, 0.2) is 12.2 Å². The van der Waals surface area contributed by atoms with E-state index in [9.17, 15) is 4.79 Å². The van der Waals surface area contributed by atoms with Crippen molar-refractivity contribution in [3.63, 3.8) is 0 Å². The second-order valence-corrected chi connectivity index (χ2v) is 3.08. The molecule has 0 aliphatic heterocycles. The van der Waals surface area contributed by atoms with E-state index in [1.165, 1.54) is 12.2 Å². The van der Waals surface area contributed by atoms with Gasteiger partial charge in [0.2, 0.25) is 0 Å². The maximum atomic E-state index is 10.9. The molecule has 0 unspecified atom stereocenters. The van der Waals surface area contributed by atoms with Crippen molar-refractivity contribution in [3.05, 3.63) is 12.2 Å². The minimum absolute atomic E-state index is 0.209. The third-order valence-electron chi connectivity index (χ3n) is 1.83. The van der Waals surface area contributed by atoms with Gasteiger partial charge in [0.25, 0.3) is 0 Å². The number of ether oxygens (including phenoxy) is 1. The van der Waals surface area contributed by atoms with E-state index in [2.05, 4.69) is 0 Å². The number of aliphatic hydroxyl groups excluding tert-OH is 3.